The van der Waals surface area contributed by atoms with E-state index < -0.39 is 0 Å². The highest BCUT2D eigenvalue weighted by atomic mass is 79.9. The van der Waals surface area contributed by atoms with Gasteiger partial charge < -0.3 is 5.32 Å². The molecule has 1 N–H and O–H groups in total. The largest absolute Gasteiger partial charge is 0.313 e. The molecule has 2 rings (SSSR count). The summed E-state index contributed by atoms with van der Waals surface area (Å²) in [6.45, 7) is 3.06. The summed E-state index contributed by atoms with van der Waals surface area (Å²) in [5, 5.41) is 3.49. The molecule has 0 saturated carbocycles. The van der Waals surface area contributed by atoms with Gasteiger partial charge in [-0.15, -0.1) is 0 Å². The molecule has 0 amide bonds. The van der Waals surface area contributed by atoms with E-state index in [0.717, 1.165) is 35.1 Å². The van der Waals surface area contributed by atoms with E-state index >= 15 is 0 Å². The summed E-state index contributed by atoms with van der Waals surface area (Å²) >= 11 is 3.39. The van der Waals surface area contributed by atoms with E-state index in [2.05, 4.69) is 33.2 Å². The molecule has 2 nitrogen and oxygen atoms in total. The lowest BCUT2D eigenvalue weighted by Gasteiger charge is -2.18. The van der Waals surface area contributed by atoms with Crippen LogP contribution in [0, 0.1) is 5.82 Å². The standard InChI is InChI=1S/C17H20BrFN2/c1-2-9-20-16(10-13-5-3-4-6-17(13)19)11-15-8-7-14(18)12-21-15/h3-8,12,16,20H,2,9-11H2,1H3. The fraction of sp³-hybridized carbons (Fsp3) is 0.353. The van der Waals surface area contributed by atoms with Crippen LogP contribution < -0.4 is 5.32 Å². The van der Waals surface area contributed by atoms with Crippen molar-refractivity contribution in [1.29, 1.82) is 0 Å². The van der Waals surface area contributed by atoms with E-state index in [-0.39, 0.29) is 11.9 Å². The number of hydrogen-bond donors (Lipinski definition) is 1. The van der Waals surface area contributed by atoms with Crippen LogP contribution in [0.5, 0.6) is 0 Å². The molecule has 0 aliphatic carbocycles. The average Bonchev–Trinajstić information content (AvgIpc) is 2.49. The lowest BCUT2D eigenvalue weighted by Crippen LogP contribution is -2.34. The van der Waals surface area contributed by atoms with Crippen LogP contribution in [0.1, 0.15) is 24.6 Å². The smallest absolute Gasteiger partial charge is 0.126 e. The third kappa shape index (κ3) is 5.21. The monoisotopic (exact) mass is 350 g/mol. The second-order valence-electron chi connectivity index (χ2n) is 5.12. The molecular formula is C17H20BrFN2. The van der Waals surface area contributed by atoms with Crippen molar-refractivity contribution in [3.8, 4) is 0 Å². The van der Waals surface area contributed by atoms with Gasteiger partial charge >= 0.3 is 0 Å². The first kappa shape index (κ1) is 16.1. The maximum absolute atomic E-state index is 13.8. The van der Waals surface area contributed by atoms with E-state index in [4.69, 9.17) is 0 Å². The lowest BCUT2D eigenvalue weighted by atomic mass is 10.0. The highest BCUT2D eigenvalue weighted by molar-refractivity contribution is 9.10. The van der Waals surface area contributed by atoms with Crippen molar-refractivity contribution >= 4 is 15.9 Å². The fourth-order valence-electron chi connectivity index (χ4n) is 2.27. The van der Waals surface area contributed by atoms with Crippen LogP contribution in [-0.2, 0) is 12.8 Å². The Morgan fingerprint density at radius 1 is 1.19 bits per heavy atom. The second-order valence-corrected chi connectivity index (χ2v) is 6.03. The Balaban J connectivity index is 2.07. The van der Waals surface area contributed by atoms with Crippen LogP contribution in [0.3, 0.4) is 0 Å². The van der Waals surface area contributed by atoms with Gasteiger partial charge in [0.05, 0.1) is 0 Å². The number of nitrogens with one attached hydrogen (secondary N) is 1. The maximum atomic E-state index is 13.8. The van der Waals surface area contributed by atoms with Gasteiger partial charge in [-0.2, -0.15) is 0 Å². The predicted octanol–water partition coefficient (Wildman–Crippen LogP) is 4.14. The zero-order chi connectivity index (χ0) is 15.1. The van der Waals surface area contributed by atoms with E-state index in [1.165, 1.54) is 6.07 Å². The summed E-state index contributed by atoms with van der Waals surface area (Å²) < 4.78 is 14.8. The van der Waals surface area contributed by atoms with E-state index in [1.54, 1.807) is 12.3 Å². The molecule has 1 aromatic heterocycles. The molecule has 21 heavy (non-hydrogen) atoms. The molecule has 0 aliphatic heterocycles. The van der Waals surface area contributed by atoms with Crippen molar-refractivity contribution in [2.75, 3.05) is 6.54 Å². The van der Waals surface area contributed by atoms with Gasteiger partial charge in [-0.3, -0.25) is 4.98 Å². The van der Waals surface area contributed by atoms with Gasteiger partial charge in [0.25, 0.3) is 0 Å². The van der Waals surface area contributed by atoms with Crippen molar-refractivity contribution in [2.45, 2.75) is 32.2 Å². The van der Waals surface area contributed by atoms with Crippen molar-refractivity contribution in [1.82, 2.24) is 10.3 Å². The molecule has 0 fully saturated rings. The van der Waals surface area contributed by atoms with Crippen molar-refractivity contribution in [2.24, 2.45) is 0 Å². The highest BCUT2D eigenvalue weighted by Crippen LogP contribution is 2.13. The SMILES string of the molecule is CCCNC(Cc1ccc(Br)cn1)Cc1ccccc1F. The van der Waals surface area contributed by atoms with Crippen molar-refractivity contribution < 1.29 is 4.39 Å². The lowest BCUT2D eigenvalue weighted by molar-refractivity contribution is 0.488. The number of aromatic nitrogens is 1. The Morgan fingerprint density at radius 3 is 2.67 bits per heavy atom. The molecule has 1 unspecified atom stereocenters. The molecule has 112 valence electrons. The van der Waals surface area contributed by atoms with Gasteiger partial charge in [-0.1, -0.05) is 25.1 Å². The van der Waals surface area contributed by atoms with E-state index in [0.29, 0.717) is 6.42 Å². The minimum atomic E-state index is -0.135. The summed E-state index contributed by atoms with van der Waals surface area (Å²) in [5.41, 5.74) is 1.77. The number of benzene rings is 1. The predicted molar refractivity (Wildman–Crippen MR) is 87.8 cm³/mol. The van der Waals surface area contributed by atoms with E-state index in [1.807, 2.05) is 24.3 Å². The molecule has 0 bridgehead atoms. The number of pyridine rings is 1. The summed E-state index contributed by atoms with van der Waals surface area (Å²) in [6, 6.07) is 11.2. The average molecular weight is 351 g/mol. The topological polar surface area (TPSA) is 24.9 Å². The molecule has 0 aliphatic rings. The Labute approximate surface area is 133 Å². The van der Waals surface area contributed by atoms with E-state index in [9.17, 15) is 4.39 Å². The Kier molecular flexibility index (Phi) is 6.33. The van der Waals surface area contributed by atoms with Crippen LogP contribution in [0.15, 0.2) is 47.1 Å². The Bertz CT molecular complexity index is 557. The van der Waals surface area contributed by atoms with Crippen LogP contribution in [0.25, 0.3) is 0 Å². The van der Waals surface area contributed by atoms with Crippen LogP contribution >= 0.6 is 15.9 Å². The van der Waals surface area contributed by atoms with Crippen LogP contribution in [-0.4, -0.2) is 17.6 Å². The zero-order valence-electron chi connectivity index (χ0n) is 12.2. The molecule has 4 heteroatoms. The molecule has 1 aromatic carbocycles. The maximum Gasteiger partial charge on any atom is 0.126 e. The number of nitrogens with zero attached hydrogens (tertiary/aromatic N) is 1. The molecule has 0 radical (unpaired) electrons. The Hall–Kier alpha value is -1.26. The number of hydrogen-bond acceptors (Lipinski definition) is 2. The quantitative estimate of drug-likeness (QED) is 0.811. The summed E-state index contributed by atoms with van der Waals surface area (Å²) in [4.78, 5) is 4.41. The Morgan fingerprint density at radius 2 is 2.00 bits per heavy atom. The molecule has 1 atom stereocenters. The molecule has 2 aromatic rings. The molecule has 0 saturated heterocycles. The fourth-order valence-corrected chi connectivity index (χ4v) is 2.51. The summed E-state index contributed by atoms with van der Waals surface area (Å²) in [7, 11) is 0. The van der Waals surface area contributed by atoms with Crippen LogP contribution in [0.2, 0.25) is 0 Å². The minimum Gasteiger partial charge on any atom is -0.313 e. The third-order valence-electron chi connectivity index (χ3n) is 3.35. The first-order valence-electron chi connectivity index (χ1n) is 7.26. The number of halogens is 2. The highest BCUT2D eigenvalue weighted by Gasteiger charge is 2.13. The first-order chi connectivity index (χ1) is 10.2. The van der Waals surface area contributed by atoms with Crippen molar-refractivity contribution in [3.05, 3.63) is 64.1 Å². The summed E-state index contributed by atoms with van der Waals surface area (Å²) in [5.74, 6) is -0.135. The molecular weight excluding hydrogens is 331 g/mol. The third-order valence-corrected chi connectivity index (χ3v) is 3.82. The van der Waals surface area contributed by atoms with Crippen LogP contribution in [0.4, 0.5) is 4.39 Å². The number of rotatable bonds is 7. The molecule has 1 heterocycles. The van der Waals surface area contributed by atoms with Gasteiger partial charge in [0.15, 0.2) is 0 Å². The minimum absolute atomic E-state index is 0.135. The van der Waals surface area contributed by atoms with Crippen molar-refractivity contribution in [3.63, 3.8) is 0 Å². The van der Waals surface area contributed by atoms with Gasteiger partial charge in [-0.05, 0) is 59.1 Å². The molecule has 0 spiro atoms. The zero-order valence-corrected chi connectivity index (χ0v) is 13.7. The second kappa shape index (κ2) is 8.25. The van der Waals surface area contributed by atoms with Gasteiger partial charge in [0, 0.05) is 28.8 Å². The van der Waals surface area contributed by atoms with Gasteiger partial charge in [-0.25, -0.2) is 4.39 Å². The summed E-state index contributed by atoms with van der Waals surface area (Å²) in [6.07, 6.45) is 4.32. The van der Waals surface area contributed by atoms with Gasteiger partial charge in [0.1, 0.15) is 5.82 Å². The first-order valence-corrected chi connectivity index (χ1v) is 8.05. The van der Waals surface area contributed by atoms with Gasteiger partial charge in [0.2, 0.25) is 0 Å². The normalized spacial score (nSPS) is 12.3.